The third-order valence-corrected chi connectivity index (χ3v) is 1.20. The summed E-state index contributed by atoms with van der Waals surface area (Å²) in [7, 11) is 0. The highest BCUT2D eigenvalue weighted by molar-refractivity contribution is 5.70. The van der Waals surface area contributed by atoms with Crippen molar-refractivity contribution in [3.05, 3.63) is 35.9 Å². The Kier molecular flexibility index (Phi) is 6.15. The van der Waals surface area contributed by atoms with Gasteiger partial charge in [0.15, 0.2) is 0 Å². The monoisotopic (exact) mass is 180 g/mol. The number of carboxylic acids is 1. The molecule has 1 rings (SSSR count). The van der Waals surface area contributed by atoms with Crippen molar-refractivity contribution in [2.75, 3.05) is 0 Å². The van der Waals surface area contributed by atoms with Gasteiger partial charge in [-0.05, 0) is 12.5 Å². The maximum Gasteiger partial charge on any atom is 0.307 e. The SMILES string of the molecule is CC=O.O=C(O)Cc1ccccc1. The molecule has 0 fully saturated rings. The van der Waals surface area contributed by atoms with E-state index in [0.29, 0.717) is 0 Å². The van der Waals surface area contributed by atoms with Gasteiger partial charge in [-0.25, -0.2) is 0 Å². The predicted octanol–water partition coefficient (Wildman–Crippen LogP) is 1.52. The fraction of sp³-hybridized carbons (Fsp3) is 0.200. The van der Waals surface area contributed by atoms with Gasteiger partial charge < -0.3 is 9.90 Å². The van der Waals surface area contributed by atoms with Crippen LogP contribution in [0.1, 0.15) is 12.5 Å². The highest BCUT2D eigenvalue weighted by atomic mass is 16.4. The van der Waals surface area contributed by atoms with Crippen LogP contribution in [0.25, 0.3) is 0 Å². The van der Waals surface area contributed by atoms with Gasteiger partial charge in [-0.1, -0.05) is 30.3 Å². The van der Waals surface area contributed by atoms with Gasteiger partial charge in [0, 0.05) is 0 Å². The molecule has 0 aliphatic heterocycles. The minimum atomic E-state index is -0.786. The van der Waals surface area contributed by atoms with Crippen molar-refractivity contribution in [3.8, 4) is 0 Å². The minimum absolute atomic E-state index is 0.112. The molecule has 13 heavy (non-hydrogen) atoms. The summed E-state index contributed by atoms with van der Waals surface area (Å²) < 4.78 is 0. The first-order chi connectivity index (χ1) is 6.20. The fourth-order valence-corrected chi connectivity index (χ4v) is 0.770. The second-order valence-electron chi connectivity index (χ2n) is 2.29. The largest absolute Gasteiger partial charge is 0.481 e. The van der Waals surface area contributed by atoms with Gasteiger partial charge in [-0.15, -0.1) is 0 Å². The number of aldehydes is 1. The summed E-state index contributed by atoms with van der Waals surface area (Å²) in [5.74, 6) is -0.786. The molecule has 0 radical (unpaired) electrons. The first kappa shape index (κ1) is 11.4. The number of carbonyl (C=O) groups is 2. The second kappa shape index (κ2) is 7.03. The van der Waals surface area contributed by atoms with E-state index in [0.717, 1.165) is 11.8 Å². The van der Waals surface area contributed by atoms with Gasteiger partial charge in [-0.3, -0.25) is 4.79 Å². The van der Waals surface area contributed by atoms with Crippen molar-refractivity contribution < 1.29 is 14.7 Å². The lowest BCUT2D eigenvalue weighted by Gasteiger charge is -1.92. The van der Waals surface area contributed by atoms with Crippen LogP contribution < -0.4 is 0 Å². The van der Waals surface area contributed by atoms with E-state index in [4.69, 9.17) is 9.90 Å². The molecule has 70 valence electrons. The van der Waals surface area contributed by atoms with Crippen molar-refractivity contribution in [2.45, 2.75) is 13.3 Å². The average molecular weight is 180 g/mol. The van der Waals surface area contributed by atoms with Crippen LogP contribution in [-0.2, 0) is 16.0 Å². The van der Waals surface area contributed by atoms with E-state index in [1.54, 1.807) is 12.1 Å². The third kappa shape index (κ3) is 6.75. The van der Waals surface area contributed by atoms with Crippen molar-refractivity contribution in [1.29, 1.82) is 0 Å². The van der Waals surface area contributed by atoms with Crippen molar-refractivity contribution in [3.63, 3.8) is 0 Å². The molecule has 0 saturated carbocycles. The Morgan fingerprint density at radius 2 is 1.85 bits per heavy atom. The maximum atomic E-state index is 10.2. The van der Waals surface area contributed by atoms with Gasteiger partial charge in [0.05, 0.1) is 6.42 Å². The molecule has 0 aliphatic rings. The first-order valence-electron chi connectivity index (χ1n) is 3.86. The number of rotatable bonds is 2. The van der Waals surface area contributed by atoms with E-state index in [-0.39, 0.29) is 6.42 Å². The van der Waals surface area contributed by atoms with Crippen LogP contribution in [-0.4, -0.2) is 17.4 Å². The zero-order valence-corrected chi connectivity index (χ0v) is 7.43. The topological polar surface area (TPSA) is 54.4 Å². The van der Waals surface area contributed by atoms with Crippen LogP contribution in [0, 0.1) is 0 Å². The quantitative estimate of drug-likeness (QED) is 0.702. The Morgan fingerprint density at radius 3 is 2.23 bits per heavy atom. The van der Waals surface area contributed by atoms with E-state index in [9.17, 15) is 4.79 Å². The highest BCUT2D eigenvalue weighted by Gasteiger charge is 1.96. The van der Waals surface area contributed by atoms with Gasteiger partial charge in [-0.2, -0.15) is 0 Å². The summed E-state index contributed by atoms with van der Waals surface area (Å²) in [5, 5.41) is 8.37. The minimum Gasteiger partial charge on any atom is -0.481 e. The summed E-state index contributed by atoms with van der Waals surface area (Å²) in [6, 6.07) is 9.13. The molecule has 3 nitrogen and oxygen atoms in total. The lowest BCUT2D eigenvalue weighted by molar-refractivity contribution is -0.136. The van der Waals surface area contributed by atoms with E-state index < -0.39 is 5.97 Å². The molecule has 0 unspecified atom stereocenters. The van der Waals surface area contributed by atoms with Crippen molar-refractivity contribution in [1.82, 2.24) is 0 Å². The number of hydrogen-bond acceptors (Lipinski definition) is 2. The summed E-state index contributed by atoms with van der Waals surface area (Å²) >= 11 is 0. The molecule has 3 heteroatoms. The number of aliphatic carboxylic acids is 1. The lowest BCUT2D eigenvalue weighted by Crippen LogP contribution is -1.98. The summed E-state index contributed by atoms with van der Waals surface area (Å²) in [6.07, 6.45) is 0.862. The van der Waals surface area contributed by atoms with E-state index in [1.807, 2.05) is 18.2 Å². The van der Waals surface area contributed by atoms with Gasteiger partial charge in [0.25, 0.3) is 0 Å². The second-order valence-corrected chi connectivity index (χ2v) is 2.29. The molecule has 0 aliphatic carbocycles. The Labute approximate surface area is 77.0 Å². The van der Waals surface area contributed by atoms with Gasteiger partial charge >= 0.3 is 5.97 Å². The molecule has 0 amide bonds. The van der Waals surface area contributed by atoms with Crippen LogP contribution in [0.3, 0.4) is 0 Å². The smallest absolute Gasteiger partial charge is 0.307 e. The summed E-state index contributed by atoms with van der Waals surface area (Å²) in [5.41, 5.74) is 0.843. The molecular formula is C10H12O3. The lowest BCUT2D eigenvalue weighted by atomic mass is 10.2. The Bertz CT molecular complexity index is 254. The number of benzene rings is 1. The van der Waals surface area contributed by atoms with E-state index >= 15 is 0 Å². The van der Waals surface area contributed by atoms with Crippen molar-refractivity contribution in [2.24, 2.45) is 0 Å². The van der Waals surface area contributed by atoms with Crippen molar-refractivity contribution >= 4 is 12.3 Å². The number of carbonyl (C=O) groups excluding carboxylic acids is 1. The Balaban J connectivity index is 0.000000424. The summed E-state index contributed by atoms with van der Waals surface area (Å²) in [4.78, 5) is 19.0. The molecular weight excluding hydrogens is 168 g/mol. The zero-order chi connectivity index (χ0) is 10.1. The Hall–Kier alpha value is -1.64. The molecule has 0 heterocycles. The molecule has 1 aromatic carbocycles. The average Bonchev–Trinajstić information content (AvgIpc) is 2.06. The van der Waals surface area contributed by atoms with Crippen LogP contribution in [0.15, 0.2) is 30.3 Å². The van der Waals surface area contributed by atoms with Crippen LogP contribution >= 0.6 is 0 Å². The number of hydrogen-bond donors (Lipinski definition) is 1. The molecule has 0 aromatic heterocycles. The first-order valence-corrected chi connectivity index (χ1v) is 3.86. The summed E-state index contributed by atoms with van der Waals surface area (Å²) in [6.45, 7) is 1.44. The fourth-order valence-electron chi connectivity index (χ4n) is 0.770. The molecule has 0 bridgehead atoms. The molecule has 0 spiro atoms. The number of carboxylic acid groups (broad SMARTS) is 1. The molecule has 0 atom stereocenters. The van der Waals surface area contributed by atoms with Crippen LogP contribution in [0.2, 0.25) is 0 Å². The molecule has 0 saturated heterocycles. The molecule has 1 N–H and O–H groups in total. The van der Waals surface area contributed by atoms with Crippen LogP contribution in [0.4, 0.5) is 0 Å². The Morgan fingerprint density at radius 1 is 1.38 bits per heavy atom. The van der Waals surface area contributed by atoms with E-state index in [1.165, 1.54) is 6.92 Å². The van der Waals surface area contributed by atoms with Gasteiger partial charge in [0.1, 0.15) is 6.29 Å². The predicted molar refractivity (Wildman–Crippen MR) is 49.5 cm³/mol. The third-order valence-electron chi connectivity index (χ3n) is 1.20. The standard InChI is InChI=1S/C8H8O2.C2H4O/c9-8(10)6-7-4-2-1-3-5-7;1-2-3/h1-5H,6H2,(H,9,10);2H,1H3. The highest BCUT2D eigenvalue weighted by Crippen LogP contribution is 1.98. The normalized spacial score (nSPS) is 8.08. The van der Waals surface area contributed by atoms with Gasteiger partial charge in [0.2, 0.25) is 0 Å². The zero-order valence-electron chi connectivity index (χ0n) is 7.43. The van der Waals surface area contributed by atoms with E-state index in [2.05, 4.69) is 0 Å². The maximum absolute atomic E-state index is 10.2. The van der Waals surface area contributed by atoms with Crippen LogP contribution in [0.5, 0.6) is 0 Å². The molecule has 1 aromatic rings.